The molecule has 0 unspecified atom stereocenters. The highest BCUT2D eigenvalue weighted by molar-refractivity contribution is 5.73. The van der Waals surface area contributed by atoms with E-state index in [1.54, 1.807) is 0 Å². The third-order valence-corrected chi connectivity index (χ3v) is 5.74. The van der Waals surface area contributed by atoms with Crippen molar-refractivity contribution in [2.75, 3.05) is 50.8 Å². The molecule has 0 spiro atoms. The highest BCUT2D eigenvalue weighted by atomic mass is 19.4. The van der Waals surface area contributed by atoms with Crippen molar-refractivity contribution >= 4 is 17.9 Å². The molecule has 9 nitrogen and oxygen atoms in total. The Kier molecular flexibility index (Phi) is 10.1. The first-order chi connectivity index (χ1) is 16.3. The van der Waals surface area contributed by atoms with Crippen molar-refractivity contribution in [3.8, 4) is 0 Å². The van der Waals surface area contributed by atoms with Crippen LogP contribution in [0, 0.1) is 17.8 Å². The van der Waals surface area contributed by atoms with Gasteiger partial charge in [0.15, 0.2) is 0 Å². The van der Waals surface area contributed by atoms with Crippen LogP contribution in [0.2, 0.25) is 0 Å². The molecule has 2 atom stereocenters. The van der Waals surface area contributed by atoms with Crippen LogP contribution in [0.1, 0.15) is 12.8 Å². The lowest BCUT2D eigenvalue weighted by molar-refractivity contribution is -0.193. The summed E-state index contributed by atoms with van der Waals surface area (Å²) in [5, 5.41) is 14.2. The summed E-state index contributed by atoms with van der Waals surface area (Å²) in [6.07, 6.45) is -3.99. The minimum Gasteiger partial charge on any atom is -0.475 e. The molecule has 0 amide bonds. The Balaban J connectivity index is 0.000000257. The van der Waals surface area contributed by atoms with E-state index in [9.17, 15) is 26.3 Å². The Labute approximate surface area is 196 Å². The first kappa shape index (κ1) is 28.6. The van der Waals surface area contributed by atoms with E-state index in [0.717, 1.165) is 50.0 Å². The summed E-state index contributed by atoms with van der Waals surface area (Å²) >= 11 is 0. The van der Waals surface area contributed by atoms with Crippen molar-refractivity contribution in [1.82, 2.24) is 14.9 Å². The Morgan fingerprint density at radius 2 is 1.31 bits per heavy atom. The van der Waals surface area contributed by atoms with Crippen LogP contribution in [-0.4, -0.2) is 95.3 Å². The topological polar surface area (TPSA) is 116 Å². The molecular weight excluding hydrogens is 490 g/mol. The van der Waals surface area contributed by atoms with E-state index in [1.807, 2.05) is 18.5 Å². The number of hydrogen-bond donors (Lipinski definition) is 2. The highest BCUT2D eigenvalue weighted by Crippen LogP contribution is 2.33. The number of ether oxygens (including phenoxy) is 1. The summed E-state index contributed by atoms with van der Waals surface area (Å²) in [5.74, 6) is -2.16. The number of rotatable bonds is 3. The third kappa shape index (κ3) is 9.47. The van der Waals surface area contributed by atoms with Crippen LogP contribution in [0.25, 0.3) is 0 Å². The zero-order valence-electron chi connectivity index (χ0n) is 18.5. The van der Waals surface area contributed by atoms with E-state index >= 15 is 0 Å². The van der Waals surface area contributed by atoms with Crippen LogP contribution in [0.3, 0.4) is 0 Å². The van der Waals surface area contributed by atoms with Gasteiger partial charge in [0.1, 0.15) is 0 Å². The molecule has 0 aromatic carbocycles. The SMILES string of the molecule is O=C(O)C(F)(F)F.O=C(O)C(F)(F)F.c1cnc(N2C[C@H]3CN(CC4CCOCC4)C[C@H]3C2)nc1. The third-order valence-electron chi connectivity index (χ3n) is 5.74. The number of carboxylic acid groups (broad SMARTS) is 2. The molecule has 3 aliphatic rings. The molecule has 4 heterocycles. The lowest BCUT2D eigenvalue weighted by atomic mass is 10.00. The van der Waals surface area contributed by atoms with Gasteiger partial charge in [-0.15, -0.1) is 0 Å². The molecule has 3 aliphatic heterocycles. The fraction of sp³-hybridized carbons (Fsp3) is 0.700. The number of likely N-dealkylation sites (tertiary alicyclic amines) is 1. The summed E-state index contributed by atoms with van der Waals surface area (Å²) < 4.78 is 68.9. The molecule has 15 heteroatoms. The number of alkyl halides is 6. The second-order valence-corrected chi connectivity index (χ2v) is 8.35. The average molecular weight is 516 g/mol. The lowest BCUT2D eigenvalue weighted by Gasteiger charge is -2.28. The van der Waals surface area contributed by atoms with Gasteiger partial charge in [-0.05, 0) is 36.7 Å². The van der Waals surface area contributed by atoms with Crippen LogP contribution in [0.15, 0.2) is 18.5 Å². The molecule has 35 heavy (non-hydrogen) atoms. The van der Waals surface area contributed by atoms with E-state index in [0.29, 0.717) is 0 Å². The van der Waals surface area contributed by atoms with Gasteiger partial charge in [0.2, 0.25) is 5.95 Å². The smallest absolute Gasteiger partial charge is 0.475 e. The van der Waals surface area contributed by atoms with E-state index in [1.165, 1.54) is 32.5 Å². The first-order valence-corrected chi connectivity index (χ1v) is 10.7. The molecule has 1 aromatic rings. The van der Waals surface area contributed by atoms with Gasteiger partial charge in [0.25, 0.3) is 0 Å². The number of carbonyl (C=O) groups is 2. The van der Waals surface area contributed by atoms with Crippen molar-refractivity contribution in [2.45, 2.75) is 25.2 Å². The summed E-state index contributed by atoms with van der Waals surface area (Å²) in [7, 11) is 0. The number of halogens is 6. The number of fused-ring (bicyclic) bond motifs is 1. The van der Waals surface area contributed by atoms with Gasteiger partial charge in [-0.25, -0.2) is 19.6 Å². The number of carboxylic acids is 2. The van der Waals surface area contributed by atoms with Crippen LogP contribution < -0.4 is 4.90 Å². The monoisotopic (exact) mass is 516 g/mol. The van der Waals surface area contributed by atoms with Gasteiger partial charge in [0.05, 0.1) is 0 Å². The van der Waals surface area contributed by atoms with Crippen LogP contribution in [0.5, 0.6) is 0 Å². The number of nitrogens with zero attached hydrogens (tertiary/aromatic N) is 4. The summed E-state index contributed by atoms with van der Waals surface area (Å²) in [6.45, 7) is 7.96. The molecule has 198 valence electrons. The summed E-state index contributed by atoms with van der Waals surface area (Å²) in [6, 6.07) is 1.88. The lowest BCUT2D eigenvalue weighted by Crippen LogP contribution is -2.34. The van der Waals surface area contributed by atoms with Gasteiger partial charge in [-0.1, -0.05) is 0 Å². The molecule has 0 saturated carbocycles. The normalized spacial score (nSPS) is 23.0. The van der Waals surface area contributed by atoms with Gasteiger partial charge < -0.3 is 24.7 Å². The minimum absolute atomic E-state index is 0.800. The van der Waals surface area contributed by atoms with Crippen LogP contribution >= 0.6 is 0 Å². The standard InChI is InChI=1S/C16H24N4O.2C2HF3O2/c1-4-17-16(18-5-1)20-11-14-9-19(10-15(14)12-20)8-13-2-6-21-7-3-13;2*3-2(4,5)1(6)7/h1,4-5,13-15H,2-3,6-12H2;2*(H,6,7)/t14-,15+;;. The van der Waals surface area contributed by atoms with Crippen LogP contribution in [-0.2, 0) is 14.3 Å². The summed E-state index contributed by atoms with van der Waals surface area (Å²) in [5.41, 5.74) is 0. The Morgan fingerprint density at radius 1 is 0.886 bits per heavy atom. The second kappa shape index (κ2) is 12.3. The number of anilines is 1. The molecule has 0 bridgehead atoms. The fourth-order valence-corrected chi connectivity index (χ4v) is 4.15. The predicted octanol–water partition coefficient (Wildman–Crippen LogP) is 2.54. The molecule has 4 rings (SSSR count). The summed E-state index contributed by atoms with van der Waals surface area (Å²) in [4.78, 5) is 31.6. The predicted molar refractivity (Wildman–Crippen MR) is 109 cm³/mol. The van der Waals surface area contributed by atoms with Crippen molar-refractivity contribution in [1.29, 1.82) is 0 Å². The zero-order chi connectivity index (χ0) is 26.2. The van der Waals surface area contributed by atoms with Crippen molar-refractivity contribution in [3.05, 3.63) is 18.5 Å². The minimum atomic E-state index is -5.08. The molecule has 0 aliphatic carbocycles. The quantitative estimate of drug-likeness (QED) is 0.585. The van der Waals surface area contributed by atoms with E-state index < -0.39 is 24.3 Å². The Bertz CT molecular complexity index is 782. The van der Waals surface area contributed by atoms with Crippen molar-refractivity contribution < 1.29 is 50.9 Å². The van der Waals surface area contributed by atoms with Crippen molar-refractivity contribution in [3.63, 3.8) is 0 Å². The van der Waals surface area contributed by atoms with Gasteiger partial charge in [-0.3, -0.25) is 0 Å². The zero-order valence-corrected chi connectivity index (χ0v) is 18.5. The van der Waals surface area contributed by atoms with E-state index in [-0.39, 0.29) is 0 Å². The second-order valence-electron chi connectivity index (χ2n) is 8.35. The van der Waals surface area contributed by atoms with E-state index in [2.05, 4.69) is 19.8 Å². The maximum Gasteiger partial charge on any atom is 0.490 e. The van der Waals surface area contributed by atoms with E-state index in [4.69, 9.17) is 24.5 Å². The first-order valence-electron chi connectivity index (χ1n) is 10.7. The number of aromatic nitrogens is 2. The number of aliphatic carboxylic acids is 2. The van der Waals surface area contributed by atoms with Gasteiger partial charge in [0, 0.05) is 58.3 Å². The average Bonchev–Trinajstić information content (AvgIpc) is 3.33. The molecule has 2 N–H and O–H groups in total. The van der Waals surface area contributed by atoms with Gasteiger partial charge >= 0.3 is 24.3 Å². The largest absolute Gasteiger partial charge is 0.490 e. The Morgan fingerprint density at radius 3 is 1.71 bits per heavy atom. The maximum atomic E-state index is 10.6. The van der Waals surface area contributed by atoms with Crippen LogP contribution in [0.4, 0.5) is 32.3 Å². The molecule has 1 aromatic heterocycles. The van der Waals surface area contributed by atoms with Gasteiger partial charge in [-0.2, -0.15) is 26.3 Å². The number of hydrogen-bond acceptors (Lipinski definition) is 7. The molecule has 3 saturated heterocycles. The maximum absolute atomic E-state index is 10.6. The van der Waals surface area contributed by atoms with Crippen molar-refractivity contribution in [2.24, 2.45) is 17.8 Å². The Hall–Kier alpha value is -2.68. The molecular formula is C20H26F6N4O5. The highest BCUT2D eigenvalue weighted by Gasteiger charge is 2.41. The molecule has 3 fully saturated rings. The fourth-order valence-electron chi connectivity index (χ4n) is 4.15. The molecule has 0 radical (unpaired) electrons.